The summed E-state index contributed by atoms with van der Waals surface area (Å²) in [4.78, 5) is 4.57. The Bertz CT molecular complexity index is 707. The van der Waals surface area contributed by atoms with E-state index in [1.807, 2.05) is 35.8 Å². The summed E-state index contributed by atoms with van der Waals surface area (Å²) in [6.07, 6.45) is 1.63. The van der Waals surface area contributed by atoms with Crippen LogP contribution in [0.5, 0.6) is 5.75 Å². The number of halogens is 1. The minimum absolute atomic E-state index is 0.328. The summed E-state index contributed by atoms with van der Waals surface area (Å²) < 4.78 is 12.8. The fourth-order valence-corrected chi connectivity index (χ4v) is 2.40. The summed E-state index contributed by atoms with van der Waals surface area (Å²) in [5.74, 6) is 2.64. The summed E-state index contributed by atoms with van der Waals surface area (Å²) in [6.45, 7) is 3.10. The molecule has 0 aliphatic carbocycles. The Morgan fingerprint density at radius 1 is 1.35 bits per heavy atom. The van der Waals surface area contributed by atoms with Gasteiger partial charge in [0.15, 0.2) is 5.76 Å². The topological polar surface area (TPSA) is 53.1 Å². The lowest BCUT2D eigenvalue weighted by Crippen LogP contribution is -2.02. The Balaban J connectivity index is 2.12. The molecule has 2 heterocycles. The molecule has 5 nitrogen and oxygen atoms in total. The summed E-state index contributed by atoms with van der Waals surface area (Å²) in [7, 11) is 0. The minimum atomic E-state index is 0.328. The number of aromatic nitrogens is 3. The standard InChI is InChI=1S/C14H14ClN3O2/c1-2-19-12-5-3-4-11-14(12)17-13(8-15)18(11)9-10-6-7-16-20-10/h3-7H,2,8-9H2,1H3. The maximum atomic E-state index is 6.00. The fourth-order valence-electron chi connectivity index (χ4n) is 2.20. The van der Waals surface area contributed by atoms with Crippen LogP contribution in [-0.4, -0.2) is 21.3 Å². The van der Waals surface area contributed by atoms with Crippen LogP contribution in [0.4, 0.5) is 0 Å². The van der Waals surface area contributed by atoms with Crippen molar-refractivity contribution in [1.82, 2.24) is 14.7 Å². The highest BCUT2D eigenvalue weighted by atomic mass is 35.5. The van der Waals surface area contributed by atoms with E-state index in [4.69, 9.17) is 20.9 Å². The van der Waals surface area contributed by atoms with Gasteiger partial charge in [-0.15, -0.1) is 11.6 Å². The maximum absolute atomic E-state index is 6.00. The van der Waals surface area contributed by atoms with Gasteiger partial charge in [0.1, 0.15) is 17.1 Å². The van der Waals surface area contributed by atoms with E-state index in [9.17, 15) is 0 Å². The van der Waals surface area contributed by atoms with E-state index in [0.29, 0.717) is 19.0 Å². The second kappa shape index (κ2) is 5.54. The highest BCUT2D eigenvalue weighted by Crippen LogP contribution is 2.27. The molecule has 3 aromatic rings. The van der Waals surface area contributed by atoms with Crippen LogP contribution in [0.25, 0.3) is 11.0 Å². The van der Waals surface area contributed by atoms with Crippen LogP contribution < -0.4 is 4.74 Å². The molecule has 0 bridgehead atoms. The molecule has 1 aromatic carbocycles. The van der Waals surface area contributed by atoms with Crippen molar-refractivity contribution in [3.05, 3.63) is 42.0 Å². The molecule has 0 N–H and O–H groups in total. The van der Waals surface area contributed by atoms with E-state index < -0.39 is 0 Å². The summed E-state index contributed by atoms with van der Waals surface area (Å²) in [5.41, 5.74) is 1.80. The van der Waals surface area contributed by atoms with Crippen molar-refractivity contribution < 1.29 is 9.26 Å². The van der Waals surface area contributed by atoms with E-state index in [-0.39, 0.29) is 0 Å². The largest absolute Gasteiger partial charge is 0.492 e. The lowest BCUT2D eigenvalue weighted by molar-refractivity contribution is 0.343. The summed E-state index contributed by atoms with van der Waals surface area (Å²) in [6, 6.07) is 7.69. The van der Waals surface area contributed by atoms with Crippen LogP contribution in [0, 0.1) is 0 Å². The molecule has 0 saturated heterocycles. The Morgan fingerprint density at radius 2 is 2.25 bits per heavy atom. The van der Waals surface area contributed by atoms with Crippen molar-refractivity contribution >= 4 is 22.6 Å². The van der Waals surface area contributed by atoms with E-state index in [1.54, 1.807) is 6.20 Å². The number of nitrogens with zero attached hydrogens (tertiary/aromatic N) is 3. The van der Waals surface area contributed by atoms with Gasteiger partial charge in [0.2, 0.25) is 0 Å². The highest BCUT2D eigenvalue weighted by molar-refractivity contribution is 6.16. The number of rotatable bonds is 5. The number of benzene rings is 1. The molecule has 104 valence electrons. The number of alkyl halides is 1. The predicted molar refractivity (Wildman–Crippen MR) is 76.1 cm³/mol. The van der Waals surface area contributed by atoms with E-state index >= 15 is 0 Å². The average Bonchev–Trinajstić information content (AvgIpc) is 3.08. The van der Waals surface area contributed by atoms with Crippen molar-refractivity contribution in [2.75, 3.05) is 6.61 Å². The van der Waals surface area contributed by atoms with Crippen molar-refractivity contribution in [3.63, 3.8) is 0 Å². The van der Waals surface area contributed by atoms with Gasteiger partial charge in [0, 0.05) is 6.07 Å². The quantitative estimate of drug-likeness (QED) is 0.677. The van der Waals surface area contributed by atoms with Gasteiger partial charge >= 0.3 is 0 Å². The van der Waals surface area contributed by atoms with Crippen LogP contribution in [0.3, 0.4) is 0 Å². The summed E-state index contributed by atoms with van der Waals surface area (Å²) >= 11 is 6.00. The summed E-state index contributed by atoms with van der Waals surface area (Å²) in [5, 5.41) is 3.72. The van der Waals surface area contributed by atoms with Gasteiger partial charge in [-0.25, -0.2) is 4.98 Å². The molecule has 3 rings (SSSR count). The van der Waals surface area contributed by atoms with E-state index in [1.165, 1.54) is 0 Å². The zero-order chi connectivity index (χ0) is 13.9. The monoisotopic (exact) mass is 291 g/mol. The van der Waals surface area contributed by atoms with E-state index in [2.05, 4.69) is 10.1 Å². The molecule has 2 aromatic heterocycles. The second-order valence-electron chi connectivity index (χ2n) is 4.28. The van der Waals surface area contributed by atoms with Crippen LogP contribution >= 0.6 is 11.6 Å². The molecule has 0 radical (unpaired) electrons. The van der Waals surface area contributed by atoms with Gasteiger partial charge in [0.25, 0.3) is 0 Å². The van der Waals surface area contributed by atoms with Gasteiger partial charge in [-0.2, -0.15) is 0 Å². The molecule has 0 atom stereocenters. The molecule has 0 aliphatic rings. The van der Waals surface area contributed by atoms with Gasteiger partial charge in [-0.1, -0.05) is 11.2 Å². The molecule has 0 aliphatic heterocycles. The normalized spacial score (nSPS) is 11.1. The molecule has 0 fully saturated rings. The molecular weight excluding hydrogens is 278 g/mol. The maximum Gasteiger partial charge on any atom is 0.156 e. The Labute approximate surface area is 121 Å². The molecule has 0 spiro atoms. The van der Waals surface area contributed by atoms with Crippen molar-refractivity contribution in [2.45, 2.75) is 19.3 Å². The first-order chi connectivity index (χ1) is 9.83. The third-order valence-electron chi connectivity index (χ3n) is 3.05. The molecule has 6 heteroatoms. The number of ether oxygens (including phenoxy) is 1. The van der Waals surface area contributed by atoms with Gasteiger partial charge in [-0.05, 0) is 19.1 Å². The van der Waals surface area contributed by atoms with Crippen LogP contribution in [0.2, 0.25) is 0 Å². The molecule has 20 heavy (non-hydrogen) atoms. The zero-order valence-corrected chi connectivity index (χ0v) is 11.8. The highest BCUT2D eigenvalue weighted by Gasteiger charge is 2.14. The first kappa shape index (κ1) is 13.0. The van der Waals surface area contributed by atoms with Crippen molar-refractivity contribution in [3.8, 4) is 5.75 Å². The number of hydrogen-bond donors (Lipinski definition) is 0. The van der Waals surface area contributed by atoms with Gasteiger partial charge < -0.3 is 13.8 Å². The Morgan fingerprint density at radius 3 is 2.95 bits per heavy atom. The number of hydrogen-bond acceptors (Lipinski definition) is 4. The number of para-hydroxylation sites is 1. The van der Waals surface area contributed by atoms with E-state index in [0.717, 1.165) is 28.4 Å². The smallest absolute Gasteiger partial charge is 0.156 e. The fraction of sp³-hybridized carbons (Fsp3) is 0.286. The predicted octanol–water partition coefficient (Wildman–Crippen LogP) is 3.21. The first-order valence-corrected chi connectivity index (χ1v) is 6.93. The minimum Gasteiger partial charge on any atom is -0.492 e. The number of fused-ring (bicyclic) bond motifs is 1. The third-order valence-corrected chi connectivity index (χ3v) is 3.28. The molecule has 0 unspecified atom stereocenters. The molecule has 0 amide bonds. The van der Waals surface area contributed by atoms with Crippen LogP contribution in [0.1, 0.15) is 18.5 Å². The lowest BCUT2D eigenvalue weighted by Gasteiger charge is -2.06. The lowest BCUT2D eigenvalue weighted by atomic mass is 10.3. The average molecular weight is 292 g/mol. The van der Waals surface area contributed by atoms with Crippen LogP contribution in [-0.2, 0) is 12.4 Å². The second-order valence-corrected chi connectivity index (χ2v) is 4.55. The first-order valence-electron chi connectivity index (χ1n) is 6.40. The van der Waals surface area contributed by atoms with Crippen molar-refractivity contribution in [2.24, 2.45) is 0 Å². The molecular formula is C14H14ClN3O2. The third kappa shape index (κ3) is 2.25. The SMILES string of the molecule is CCOc1cccc2c1nc(CCl)n2Cc1ccno1. The molecule has 0 saturated carbocycles. The van der Waals surface area contributed by atoms with Gasteiger partial charge in [0.05, 0.1) is 30.7 Å². The zero-order valence-electron chi connectivity index (χ0n) is 11.0. The number of imidazole rings is 1. The Hall–Kier alpha value is -2.01. The Kier molecular flexibility index (Phi) is 3.60. The van der Waals surface area contributed by atoms with Gasteiger partial charge in [-0.3, -0.25) is 0 Å². The van der Waals surface area contributed by atoms with Crippen molar-refractivity contribution in [1.29, 1.82) is 0 Å². The van der Waals surface area contributed by atoms with Crippen LogP contribution in [0.15, 0.2) is 35.0 Å².